The van der Waals surface area contributed by atoms with Gasteiger partial charge in [-0.2, -0.15) is 0 Å². The zero-order valence-electron chi connectivity index (χ0n) is 10.5. The van der Waals surface area contributed by atoms with Crippen molar-refractivity contribution in [2.24, 2.45) is 0 Å². The molecule has 0 aromatic rings. The van der Waals surface area contributed by atoms with Crippen LogP contribution in [0.3, 0.4) is 0 Å². The molecular formula is C12H26N2O. The minimum Gasteiger partial charge on any atom is -0.383 e. The second kappa shape index (κ2) is 7.20. The molecule has 0 amide bonds. The van der Waals surface area contributed by atoms with Crippen LogP contribution < -0.4 is 5.32 Å². The maximum absolute atomic E-state index is 5.26. The maximum Gasteiger partial charge on any atom is 0.0617 e. The highest BCUT2D eigenvalue weighted by Gasteiger charge is 2.26. The molecule has 2 atom stereocenters. The molecule has 0 aromatic heterocycles. The highest BCUT2D eigenvalue weighted by molar-refractivity contribution is 4.84. The fraction of sp³-hybridized carbons (Fsp3) is 1.00. The van der Waals surface area contributed by atoms with Crippen LogP contribution >= 0.6 is 0 Å². The fourth-order valence-electron chi connectivity index (χ4n) is 2.31. The number of ether oxygens (including phenoxy) is 1. The molecule has 0 spiro atoms. The Hall–Kier alpha value is -0.120. The van der Waals surface area contributed by atoms with Gasteiger partial charge < -0.3 is 10.1 Å². The number of hydrogen-bond acceptors (Lipinski definition) is 3. The first-order chi connectivity index (χ1) is 7.31. The number of rotatable bonds is 7. The van der Waals surface area contributed by atoms with Crippen molar-refractivity contribution in [1.82, 2.24) is 10.2 Å². The normalized spacial score (nSPS) is 24.6. The summed E-state index contributed by atoms with van der Waals surface area (Å²) in [6, 6.07) is 1.32. The van der Waals surface area contributed by atoms with E-state index in [1.807, 2.05) is 0 Å². The molecule has 1 N–H and O–H groups in total. The van der Waals surface area contributed by atoms with Gasteiger partial charge in [-0.05, 0) is 25.8 Å². The molecule has 1 heterocycles. The van der Waals surface area contributed by atoms with Crippen molar-refractivity contribution in [3.8, 4) is 0 Å². The molecule has 1 saturated heterocycles. The first-order valence-electron chi connectivity index (χ1n) is 6.28. The van der Waals surface area contributed by atoms with E-state index < -0.39 is 0 Å². The molecule has 2 unspecified atom stereocenters. The van der Waals surface area contributed by atoms with Crippen molar-refractivity contribution in [2.75, 3.05) is 33.4 Å². The molecule has 0 aromatic carbocycles. The summed E-state index contributed by atoms with van der Waals surface area (Å²) >= 11 is 0. The molecule has 0 bridgehead atoms. The number of methoxy groups -OCH3 is 1. The Labute approximate surface area is 94.2 Å². The SMILES string of the molecule is CCCNC1CCN(C(CC)COC)C1. The minimum absolute atomic E-state index is 0.614. The number of nitrogens with one attached hydrogen (secondary N) is 1. The smallest absolute Gasteiger partial charge is 0.0617 e. The standard InChI is InChI=1S/C12H26N2O/c1-4-7-13-11-6-8-14(9-11)12(5-2)10-15-3/h11-13H,4-10H2,1-3H3. The Morgan fingerprint density at radius 2 is 2.27 bits per heavy atom. The Balaban J connectivity index is 2.27. The van der Waals surface area contributed by atoms with E-state index in [2.05, 4.69) is 24.1 Å². The summed E-state index contributed by atoms with van der Waals surface area (Å²) in [6.45, 7) is 8.91. The zero-order valence-corrected chi connectivity index (χ0v) is 10.5. The van der Waals surface area contributed by atoms with Gasteiger partial charge in [-0.3, -0.25) is 4.90 Å². The molecule has 1 rings (SSSR count). The number of likely N-dealkylation sites (tertiary alicyclic amines) is 1. The molecule has 15 heavy (non-hydrogen) atoms. The highest BCUT2D eigenvalue weighted by Crippen LogP contribution is 2.15. The van der Waals surface area contributed by atoms with Gasteiger partial charge >= 0.3 is 0 Å². The summed E-state index contributed by atoms with van der Waals surface area (Å²) < 4.78 is 5.26. The topological polar surface area (TPSA) is 24.5 Å². The van der Waals surface area contributed by atoms with Crippen LogP contribution in [0.2, 0.25) is 0 Å². The van der Waals surface area contributed by atoms with Crippen LogP contribution in [0.25, 0.3) is 0 Å². The molecule has 0 radical (unpaired) electrons. The average molecular weight is 214 g/mol. The fourth-order valence-corrected chi connectivity index (χ4v) is 2.31. The van der Waals surface area contributed by atoms with Gasteiger partial charge in [-0.25, -0.2) is 0 Å². The van der Waals surface area contributed by atoms with E-state index in [0.717, 1.165) is 13.2 Å². The molecule has 90 valence electrons. The predicted octanol–water partition coefficient (Wildman–Crippen LogP) is 1.49. The second-order valence-corrected chi connectivity index (χ2v) is 4.45. The monoisotopic (exact) mass is 214 g/mol. The number of hydrogen-bond donors (Lipinski definition) is 1. The van der Waals surface area contributed by atoms with Crippen LogP contribution in [-0.4, -0.2) is 50.3 Å². The van der Waals surface area contributed by atoms with Crippen molar-refractivity contribution in [1.29, 1.82) is 0 Å². The van der Waals surface area contributed by atoms with Crippen molar-refractivity contribution in [3.63, 3.8) is 0 Å². The van der Waals surface area contributed by atoms with E-state index in [1.54, 1.807) is 7.11 Å². The first kappa shape index (κ1) is 12.9. The predicted molar refractivity (Wildman–Crippen MR) is 64.2 cm³/mol. The van der Waals surface area contributed by atoms with Crippen LogP contribution in [0.5, 0.6) is 0 Å². The van der Waals surface area contributed by atoms with Gasteiger partial charge in [0.25, 0.3) is 0 Å². The third-order valence-electron chi connectivity index (χ3n) is 3.25. The maximum atomic E-state index is 5.26. The summed E-state index contributed by atoms with van der Waals surface area (Å²) in [5, 5.41) is 3.60. The van der Waals surface area contributed by atoms with E-state index in [0.29, 0.717) is 12.1 Å². The van der Waals surface area contributed by atoms with Crippen LogP contribution in [0.4, 0.5) is 0 Å². The third-order valence-corrected chi connectivity index (χ3v) is 3.25. The summed E-state index contributed by atoms with van der Waals surface area (Å²) in [5.41, 5.74) is 0. The lowest BCUT2D eigenvalue weighted by Gasteiger charge is -2.26. The van der Waals surface area contributed by atoms with Gasteiger partial charge in [0, 0.05) is 32.3 Å². The van der Waals surface area contributed by atoms with Crippen LogP contribution in [0.15, 0.2) is 0 Å². The molecule has 0 saturated carbocycles. The highest BCUT2D eigenvalue weighted by atomic mass is 16.5. The van der Waals surface area contributed by atoms with Crippen molar-refractivity contribution in [3.05, 3.63) is 0 Å². The van der Waals surface area contributed by atoms with Gasteiger partial charge in [0.05, 0.1) is 6.61 Å². The molecule has 3 heteroatoms. The van der Waals surface area contributed by atoms with E-state index in [-0.39, 0.29) is 0 Å². The zero-order chi connectivity index (χ0) is 11.1. The largest absolute Gasteiger partial charge is 0.383 e. The Bertz CT molecular complexity index is 164. The lowest BCUT2D eigenvalue weighted by molar-refractivity contribution is 0.101. The molecule has 1 fully saturated rings. The first-order valence-corrected chi connectivity index (χ1v) is 6.28. The molecular weight excluding hydrogens is 188 g/mol. The summed E-state index contributed by atoms with van der Waals surface area (Å²) in [4.78, 5) is 2.57. The summed E-state index contributed by atoms with van der Waals surface area (Å²) in [6.07, 6.45) is 3.71. The second-order valence-electron chi connectivity index (χ2n) is 4.45. The summed E-state index contributed by atoms with van der Waals surface area (Å²) in [7, 11) is 1.80. The number of nitrogens with zero attached hydrogens (tertiary/aromatic N) is 1. The molecule has 0 aliphatic carbocycles. The Morgan fingerprint density at radius 1 is 1.47 bits per heavy atom. The van der Waals surface area contributed by atoms with Gasteiger partial charge in [0.15, 0.2) is 0 Å². The van der Waals surface area contributed by atoms with Crippen molar-refractivity contribution in [2.45, 2.75) is 45.2 Å². The van der Waals surface area contributed by atoms with Crippen molar-refractivity contribution >= 4 is 0 Å². The Morgan fingerprint density at radius 3 is 2.87 bits per heavy atom. The Kier molecular flexibility index (Phi) is 6.22. The van der Waals surface area contributed by atoms with Gasteiger partial charge in [-0.15, -0.1) is 0 Å². The third kappa shape index (κ3) is 4.09. The van der Waals surface area contributed by atoms with Crippen LogP contribution in [-0.2, 0) is 4.74 Å². The van der Waals surface area contributed by atoms with E-state index >= 15 is 0 Å². The van der Waals surface area contributed by atoms with E-state index in [9.17, 15) is 0 Å². The van der Waals surface area contributed by atoms with E-state index in [4.69, 9.17) is 4.74 Å². The molecule has 3 nitrogen and oxygen atoms in total. The summed E-state index contributed by atoms with van der Waals surface area (Å²) in [5.74, 6) is 0. The van der Waals surface area contributed by atoms with Gasteiger partial charge in [0.2, 0.25) is 0 Å². The van der Waals surface area contributed by atoms with Gasteiger partial charge in [0.1, 0.15) is 0 Å². The molecule has 1 aliphatic rings. The van der Waals surface area contributed by atoms with Crippen molar-refractivity contribution < 1.29 is 4.74 Å². The van der Waals surface area contributed by atoms with Crippen LogP contribution in [0.1, 0.15) is 33.1 Å². The lowest BCUT2D eigenvalue weighted by atomic mass is 10.2. The quantitative estimate of drug-likeness (QED) is 0.695. The van der Waals surface area contributed by atoms with Crippen LogP contribution in [0, 0.1) is 0 Å². The minimum atomic E-state index is 0.614. The molecule has 1 aliphatic heterocycles. The van der Waals surface area contributed by atoms with Gasteiger partial charge in [-0.1, -0.05) is 13.8 Å². The van der Waals surface area contributed by atoms with E-state index in [1.165, 1.54) is 32.4 Å². The lowest BCUT2D eigenvalue weighted by Crippen LogP contribution is -2.39. The average Bonchev–Trinajstić information content (AvgIpc) is 2.71.